The minimum Gasteiger partial charge on any atom is -0.373 e. The summed E-state index contributed by atoms with van der Waals surface area (Å²) in [5.74, 6) is -0.537. The van der Waals surface area contributed by atoms with Crippen molar-refractivity contribution in [3.05, 3.63) is 53.4 Å². The van der Waals surface area contributed by atoms with E-state index in [1.807, 2.05) is 17.1 Å². The fourth-order valence-corrected chi connectivity index (χ4v) is 6.10. The highest BCUT2D eigenvalue weighted by Gasteiger charge is 2.34. The van der Waals surface area contributed by atoms with Crippen molar-refractivity contribution in [2.24, 2.45) is 0 Å². The van der Waals surface area contributed by atoms with Gasteiger partial charge in [-0.25, -0.2) is 14.4 Å². The lowest BCUT2D eigenvalue weighted by molar-refractivity contribution is -0.137. The van der Waals surface area contributed by atoms with Crippen molar-refractivity contribution in [2.45, 2.75) is 56.3 Å². The smallest absolute Gasteiger partial charge is 0.373 e. The second kappa shape index (κ2) is 8.98. The van der Waals surface area contributed by atoms with Gasteiger partial charge < -0.3 is 9.64 Å². The molecule has 2 aliphatic heterocycles. The van der Waals surface area contributed by atoms with Gasteiger partial charge in [0, 0.05) is 42.9 Å². The number of halogens is 4. The van der Waals surface area contributed by atoms with Gasteiger partial charge in [-0.3, -0.25) is 4.68 Å². The molecule has 2 saturated heterocycles. The number of anilines is 1. The Kier molecular flexibility index (Phi) is 5.66. The van der Waals surface area contributed by atoms with E-state index in [-0.39, 0.29) is 23.3 Å². The van der Waals surface area contributed by atoms with E-state index in [1.54, 1.807) is 0 Å². The summed E-state index contributed by atoms with van der Waals surface area (Å²) in [7, 11) is 0. The van der Waals surface area contributed by atoms with Gasteiger partial charge in [-0.2, -0.15) is 23.3 Å². The van der Waals surface area contributed by atoms with E-state index in [0.717, 1.165) is 55.2 Å². The highest BCUT2D eigenvalue weighted by molar-refractivity contribution is 7.22. The third-order valence-electron chi connectivity index (χ3n) is 7.50. The van der Waals surface area contributed by atoms with E-state index in [2.05, 4.69) is 10.00 Å². The van der Waals surface area contributed by atoms with Crippen molar-refractivity contribution in [2.75, 3.05) is 24.6 Å². The zero-order chi connectivity index (χ0) is 26.0. The number of alkyl halides is 3. The van der Waals surface area contributed by atoms with Crippen LogP contribution in [0.4, 0.5) is 22.7 Å². The zero-order valence-electron chi connectivity index (χ0n) is 20.3. The van der Waals surface area contributed by atoms with Gasteiger partial charge in [-0.15, -0.1) is 0 Å². The summed E-state index contributed by atoms with van der Waals surface area (Å²) in [5.41, 5.74) is 0.713. The average molecular weight is 545 g/mol. The third kappa shape index (κ3) is 4.33. The lowest BCUT2D eigenvalue weighted by Gasteiger charge is -2.30. The molecule has 7 rings (SSSR count). The number of thiazole rings is 1. The Morgan fingerprint density at radius 3 is 2.61 bits per heavy atom. The molecule has 3 aliphatic rings. The van der Waals surface area contributed by atoms with E-state index in [1.165, 1.54) is 11.3 Å². The molecule has 1 saturated carbocycles. The Morgan fingerprint density at radius 1 is 1.05 bits per heavy atom. The van der Waals surface area contributed by atoms with Crippen LogP contribution in [0.2, 0.25) is 0 Å². The van der Waals surface area contributed by atoms with Crippen LogP contribution in [0.1, 0.15) is 67.1 Å². The fourth-order valence-electron chi connectivity index (χ4n) is 5.04. The number of nitrogens with zero attached hydrogens (tertiary/aromatic N) is 6. The molecule has 0 bridgehead atoms. The Bertz CT molecular complexity index is 1510. The Labute approximate surface area is 219 Å². The Morgan fingerprint density at radius 2 is 1.89 bits per heavy atom. The average Bonchev–Trinajstić information content (AvgIpc) is 3.43. The van der Waals surface area contributed by atoms with Gasteiger partial charge in [-0.1, -0.05) is 11.3 Å². The molecule has 5 heterocycles. The molecule has 0 amide bonds. The van der Waals surface area contributed by atoms with Gasteiger partial charge in [0.15, 0.2) is 10.8 Å². The molecule has 3 fully saturated rings. The van der Waals surface area contributed by atoms with Crippen molar-refractivity contribution in [1.29, 1.82) is 0 Å². The monoisotopic (exact) mass is 544 g/mol. The van der Waals surface area contributed by atoms with Crippen LogP contribution < -0.4 is 4.90 Å². The summed E-state index contributed by atoms with van der Waals surface area (Å²) in [6.07, 6.45) is 3.73. The molecular weight excluding hydrogens is 520 g/mol. The van der Waals surface area contributed by atoms with Crippen LogP contribution in [0.25, 0.3) is 21.6 Å². The molecular formula is C26H24F4N6OS. The molecule has 0 spiro atoms. The van der Waals surface area contributed by atoms with Crippen LogP contribution in [-0.2, 0) is 10.9 Å². The van der Waals surface area contributed by atoms with E-state index in [9.17, 15) is 13.2 Å². The second-order valence-corrected chi connectivity index (χ2v) is 11.2. The maximum absolute atomic E-state index is 15.2. The highest BCUT2D eigenvalue weighted by Crippen LogP contribution is 2.42. The summed E-state index contributed by atoms with van der Waals surface area (Å²) < 4.78 is 63.4. The van der Waals surface area contributed by atoms with Crippen molar-refractivity contribution in [1.82, 2.24) is 24.7 Å². The molecule has 1 aliphatic carbocycles. The van der Waals surface area contributed by atoms with Crippen LogP contribution in [-0.4, -0.2) is 44.4 Å². The molecule has 12 heteroatoms. The van der Waals surface area contributed by atoms with Gasteiger partial charge >= 0.3 is 6.18 Å². The molecule has 4 aromatic rings. The van der Waals surface area contributed by atoms with Crippen LogP contribution in [0.3, 0.4) is 0 Å². The normalized spacial score (nSPS) is 22.2. The summed E-state index contributed by atoms with van der Waals surface area (Å²) in [5, 5.41) is 5.25. The van der Waals surface area contributed by atoms with Gasteiger partial charge in [0.25, 0.3) is 0 Å². The number of aromatic nitrogens is 5. The molecule has 2 atom stereocenters. The number of rotatable bonds is 5. The first-order valence-corrected chi connectivity index (χ1v) is 13.6. The summed E-state index contributed by atoms with van der Waals surface area (Å²) in [4.78, 5) is 16.4. The molecule has 0 N–H and O–H groups in total. The lowest BCUT2D eigenvalue weighted by Crippen LogP contribution is -2.36. The van der Waals surface area contributed by atoms with Gasteiger partial charge in [0.05, 0.1) is 29.6 Å². The molecule has 1 aromatic carbocycles. The van der Waals surface area contributed by atoms with E-state index in [0.29, 0.717) is 47.7 Å². The first-order chi connectivity index (χ1) is 18.3. The van der Waals surface area contributed by atoms with Crippen LogP contribution in [0, 0.1) is 5.82 Å². The fraction of sp³-hybridized carbons (Fsp3) is 0.462. The summed E-state index contributed by atoms with van der Waals surface area (Å²) >= 11 is 1.35. The largest absolute Gasteiger partial charge is 0.416 e. The Balaban J connectivity index is 1.27. The third-order valence-corrected chi connectivity index (χ3v) is 8.61. The highest BCUT2D eigenvalue weighted by atomic mass is 32.1. The quantitative estimate of drug-likeness (QED) is 0.275. The van der Waals surface area contributed by atoms with E-state index < -0.39 is 17.6 Å². The minimum absolute atomic E-state index is 0.0137. The van der Waals surface area contributed by atoms with Crippen LogP contribution in [0.5, 0.6) is 0 Å². The summed E-state index contributed by atoms with van der Waals surface area (Å²) in [6.45, 7) is 2.26. The molecule has 1 unspecified atom stereocenters. The van der Waals surface area contributed by atoms with Crippen molar-refractivity contribution in [3.63, 3.8) is 0 Å². The Hall–Kier alpha value is -3.12. The number of benzene rings is 1. The van der Waals surface area contributed by atoms with Gasteiger partial charge in [0.2, 0.25) is 0 Å². The molecule has 0 radical (unpaired) electrons. The predicted octanol–water partition coefficient (Wildman–Crippen LogP) is 6.29. The number of hydrogen-bond acceptors (Lipinski definition) is 7. The molecule has 198 valence electrons. The van der Waals surface area contributed by atoms with Gasteiger partial charge in [0.1, 0.15) is 16.3 Å². The van der Waals surface area contributed by atoms with Crippen molar-refractivity contribution < 1.29 is 22.3 Å². The molecule has 38 heavy (non-hydrogen) atoms. The number of hydrogen-bond donors (Lipinski definition) is 0. The standard InChI is InChI=1S/C26H24F4N6OS/c27-19-11-16(26(28,29)30)2-5-18(19)21-22-24(34-25(38-22)35-7-1-8-35)33-23(32-21)14-6-9-37-20(10-14)15-12-31-36(13-15)17-3-4-17/h2,5,11-14,17,20H,1,3-4,6-10H2/t14?,20-/m1/s1. The second-order valence-electron chi connectivity index (χ2n) is 10.2. The first kappa shape index (κ1) is 24.0. The topological polar surface area (TPSA) is 69.0 Å². The van der Waals surface area contributed by atoms with E-state index >= 15 is 4.39 Å². The van der Waals surface area contributed by atoms with E-state index in [4.69, 9.17) is 19.7 Å². The molecule has 7 nitrogen and oxygen atoms in total. The summed E-state index contributed by atoms with van der Waals surface area (Å²) in [6, 6.07) is 3.06. The van der Waals surface area contributed by atoms with Crippen molar-refractivity contribution in [3.8, 4) is 11.3 Å². The lowest BCUT2D eigenvalue weighted by atomic mass is 9.92. The number of fused-ring (bicyclic) bond motifs is 1. The maximum atomic E-state index is 15.2. The van der Waals surface area contributed by atoms with Crippen LogP contribution in [0.15, 0.2) is 30.6 Å². The van der Waals surface area contributed by atoms with Crippen molar-refractivity contribution >= 4 is 26.8 Å². The molecule has 3 aromatic heterocycles. The maximum Gasteiger partial charge on any atom is 0.416 e. The predicted molar refractivity (Wildman–Crippen MR) is 134 cm³/mol. The van der Waals surface area contributed by atoms with Gasteiger partial charge in [-0.05, 0) is 50.3 Å². The first-order valence-electron chi connectivity index (χ1n) is 12.8. The SMILES string of the molecule is Fc1cc(C(F)(F)F)ccc1-c1nc(C2CCO[C@@H](c3cnn(C4CC4)c3)C2)nc2nc(N3CCC3)sc12. The minimum atomic E-state index is -4.63. The van der Waals surface area contributed by atoms with Crippen LogP contribution >= 0.6 is 11.3 Å². The zero-order valence-corrected chi connectivity index (χ0v) is 21.1. The number of ether oxygens (including phenoxy) is 1.